The summed E-state index contributed by atoms with van der Waals surface area (Å²) >= 11 is 0. The Morgan fingerprint density at radius 2 is 1.29 bits per heavy atom. The van der Waals surface area contributed by atoms with Crippen molar-refractivity contribution in [1.82, 2.24) is 0 Å². The molecule has 0 amide bonds. The Bertz CT molecular complexity index is 1230. The second-order valence-electron chi connectivity index (χ2n) is 20.6. The lowest BCUT2D eigenvalue weighted by molar-refractivity contribution is -0.214. The van der Waals surface area contributed by atoms with Crippen molar-refractivity contribution in [3.05, 3.63) is 11.6 Å². The number of esters is 1. The zero-order valence-electron chi connectivity index (χ0n) is 35.4. The third-order valence-corrected chi connectivity index (χ3v) is 17.6. The quantitative estimate of drug-likeness (QED) is 0.0869. The van der Waals surface area contributed by atoms with Crippen LogP contribution < -0.4 is 0 Å². The van der Waals surface area contributed by atoms with Crippen LogP contribution >= 0.6 is 0 Å². The summed E-state index contributed by atoms with van der Waals surface area (Å²) in [4.78, 5) is 26.3. The maximum atomic E-state index is 13.2. The van der Waals surface area contributed by atoms with Gasteiger partial charge in [0.05, 0.1) is 5.41 Å². The smallest absolute Gasteiger partial charge is 0.310 e. The molecule has 298 valence electrons. The fraction of sp³-hybridized carbons (Fsp3) is 0.917. The number of hydrogen-bond acceptors (Lipinski definition) is 3. The van der Waals surface area contributed by atoms with E-state index in [1.165, 1.54) is 102 Å². The summed E-state index contributed by atoms with van der Waals surface area (Å²) in [5.74, 6) is 1.69. The Balaban J connectivity index is 1.10. The van der Waals surface area contributed by atoms with Gasteiger partial charge in [-0.1, -0.05) is 157 Å². The molecule has 4 saturated carbocycles. The van der Waals surface area contributed by atoms with Crippen molar-refractivity contribution in [2.24, 2.45) is 56.7 Å². The molecule has 0 spiro atoms. The first-order chi connectivity index (χ1) is 24.7. The average Bonchev–Trinajstić information content (AvgIpc) is 3.09. The molecule has 4 fully saturated rings. The maximum Gasteiger partial charge on any atom is 0.310 e. The highest BCUT2D eigenvalue weighted by Crippen LogP contribution is 2.76. The summed E-state index contributed by atoms with van der Waals surface area (Å²) in [6.07, 6.45) is 32.4. The molecule has 0 aromatic rings. The molecule has 4 nitrogen and oxygen atoms in total. The van der Waals surface area contributed by atoms with Crippen LogP contribution in [0.15, 0.2) is 11.6 Å². The SMILES string of the molecule is CCCCCCCCCCCCCCCCCC(=O)O[C@H]1CC[C@]2(C)[C@H]3CC=C4[C@H]5C(C)[C@H](C)CC[C@]5(C(=O)O)CC[C@@]4(C)[C@]3(C)CC[C@H]2C1(C)C. The molecule has 0 aromatic carbocycles. The second-order valence-corrected chi connectivity index (χ2v) is 20.6. The highest BCUT2D eigenvalue weighted by molar-refractivity contribution is 5.76. The van der Waals surface area contributed by atoms with Crippen molar-refractivity contribution in [2.75, 3.05) is 0 Å². The highest BCUT2D eigenvalue weighted by Gasteiger charge is 2.69. The van der Waals surface area contributed by atoms with E-state index in [0.717, 1.165) is 57.8 Å². The molecule has 0 heterocycles. The molecular weight excluding hydrogens is 641 g/mol. The minimum absolute atomic E-state index is 0.000471. The zero-order valence-corrected chi connectivity index (χ0v) is 35.4. The fourth-order valence-electron chi connectivity index (χ4n) is 13.9. The third kappa shape index (κ3) is 7.86. The molecule has 5 rings (SSSR count). The lowest BCUT2D eigenvalue weighted by atomic mass is 9.33. The van der Waals surface area contributed by atoms with Crippen LogP contribution in [0.3, 0.4) is 0 Å². The van der Waals surface area contributed by atoms with Gasteiger partial charge in [-0.2, -0.15) is 0 Å². The Morgan fingerprint density at radius 1 is 0.712 bits per heavy atom. The Morgan fingerprint density at radius 3 is 1.87 bits per heavy atom. The van der Waals surface area contributed by atoms with Gasteiger partial charge in [0.1, 0.15) is 6.10 Å². The van der Waals surface area contributed by atoms with E-state index in [1.54, 1.807) is 0 Å². The summed E-state index contributed by atoms with van der Waals surface area (Å²) in [5.41, 5.74) is 1.26. The molecule has 0 aromatic heterocycles. The number of unbranched alkanes of at least 4 members (excludes halogenated alkanes) is 14. The number of hydrogen-bond donors (Lipinski definition) is 1. The van der Waals surface area contributed by atoms with Gasteiger partial charge in [0, 0.05) is 11.8 Å². The van der Waals surface area contributed by atoms with Crippen molar-refractivity contribution < 1.29 is 19.4 Å². The zero-order chi connectivity index (χ0) is 37.8. The number of allylic oxidation sites excluding steroid dienone is 2. The van der Waals surface area contributed by atoms with Crippen LogP contribution in [0.2, 0.25) is 0 Å². The molecule has 5 aliphatic rings. The number of aliphatic carboxylic acids is 1. The Hall–Kier alpha value is -1.32. The lowest BCUT2D eigenvalue weighted by Gasteiger charge is -2.71. The van der Waals surface area contributed by atoms with E-state index in [4.69, 9.17) is 4.74 Å². The summed E-state index contributed by atoms with van der Waals surface area (Å²) in [5, 5.41) is 10.7. The van der Waals surface area contributed by atoms with Crippen molar-refractivity contribution in [1.29, 1.82) is 0 Å². The topological polar surface area (TPSA) is 63.6 Å². The number of rotatable bonds is 18. The summed E-state index contributed by atoms with van der Waals surface area (Å²) < 4.78 is 6.39. The molecule has 1 unspecified atom stereocenters. The van der Waals surface area contributed by atoms with Crippen LogP contribution in [-0.4, -0.2) is 23.1 Å². The summed E-state index contributed by atoms with van der Waals surface area (Å²) in [6.45, 7) is 19.6. The van der Waals surface area contributed by atoms with Crippen LogP contribution in [0.4, 0.5) is 0 Å². The van der Waals surface area contributed by atoms with Crippen molar-refractivity contribution >= 4 is 11.9 Å². The first-order valence-electron chi connectivity index (χ1n) is 22.8. The van der Waals surface area contributed by atoms with Gasteiger partial charge in [-0.25, -0.2) is 0 Å². The molecule has 52 heavy (non-hydrogen) atoms. The number of carbonyl (C=O) groups excluding carboxylic acids is 1. The maximum absolute atomic E-state index is 13.2. The first-order valence-corrected chi connectivity index (χ1v) is 22.8. The average molecular weight is 723 g/mol. The van der Waals surface area contributed by atoms with Crippen LogP contribution in [0, 0.1) is 56.7 Å². The van der Waals surface area contributed by atoms with E-state index in [1.807, 2.05) is 0 Å². The van der Waals surface area contributed by atoms with Gasteiger partial charge in [0.2, 0.25) is 0 Å². The van der Waals surface area contributed by atoms with Gasteiger partial charge in [-0.05, 0) is 110 Å². The monoisotopic (exact) mass is 723 g/mol. The van der Waals surface area contributed by atoms with Gasteiger partial charge in [-0.3, -0.25) is 9.59 Å². The molecule has 10 atom stereocenters. The van der Waals surface area contributed by atoms with Gasteiger partial charge in [0.15, 0.2) is 0 Å². The molecule has 0 bridgehead atoms. The number of carboxylic acid groups (broad SMARTS) is 1. The minimum atomic E-state index is -0.585. The van der Waals surface area contributed by atoms with Crippen LogP contribution in [0.1, 0.15) is 216 Å². The first kappa shape index (κ1) is 41.8. The third-order valence-electron chi connectivity index (χ3n) is 17.6. The number of carbonyl (C=O) groups is 2. The molecule has 0 radical (unpaired) electrons. The van der Waals surface area contributed by atoms with Crippen molar-refractivity contribution in [3.8, 4) is 0 Å². The lowest BCUT2D eigenvalue weighted by Crippen LogP contribution is -2.65. The highest BCUT2D eigenvalue weighted by atomic mass is 16.5. The van der Waals surface area contributed by atoms with Gasteiger partial charge in [0.25, 0.3) is 0 Å². The summed E-state index contributed by atoms with van der Waals surface area (Å²) in [7, 11) is 0. The Labute approximate surface area is 320 Å². The van der Waals surface area contributed by atoms with Gasteiger partial charge < -0.3 is 9.84 Å². The fourth-order valence-corrected chi connectivity index (χ4v) is 13.9. The van der Waals surface area contributed by atoms with Crippen LogP contribution in [0.25, 0.3) is 0 Å². The standard InChI is InChI=1S/C48H82O4/c1-9-10-11-12-13-14-15-16-17-18-19-20-21-22-23-24-41(49)52-40-29-30-45(6)38(44(40,4)5)28-31-47(8)39(45)26-25-37-42-36(3)35(2)27-32-48(42,43(50)51)34-33-46(37,47)7/h25,35-36,38-40,42H,9-24,26-34H2,1-8H3,(H,50,51)/t35-,36?,38+,39-,40+,42-,45+,46-,47-,48+/m1/s1. The number of fused-ring (bicyclic) bond motifs is 7. The van der Waals surface area contributed by atoms with Gasteiger partial charge >= 0.3 is 11.9 Å². The molecule has 4 heteroatoms. The predicted molar refractivity (Wildman–Crippen MR) is 216 cm³/mol. The van der Waals surface area contributed by atoms with Gasteiger partial charge in [-0.15, -0.1) is 0 Å². The largest absolute Gasteiger partial charge is 0.481 e. The molecule has 5 aliphatic carbocycles. The van der Waals surface area contributed by atoms with E-state index >= 15 is 0 Å². The molecule has 0 aliphatic heterocycles. The number of ether oxygens (including phenoxy) is 1. The minimum Gasteiger partial charge on any atom is -0.481 e. The predicted octanol–water partition coefficient (Wildman–Crippen LogP) is 13.9. The van der Waals surface area contributed by atoms with Crippen LogP contribution in [0.5, 0.6) is 0 Å². The Kier molecular flexibility index (Phi) is 13.9. The summed E-state index contributed by atoms with van der Waals surface area (Å²) in [6, 6.07) is 0. The molecule has 0 saturated heterocycles. The van der Waals surface area contributed by atoms with E-state index in [9.17, 15) is 14.7 Å². The van der Waals surface area contributed by atoms with E-state index in [0.29, 0.717) is 30.1 Å². The van der Waals surface area contributed by atoms with Crippen LogP contribution in [-0.2, 0) is 14.3 Å². The normalized spacial score (nSPS) is 39.3. The second kappa shape index (κ2) is 17.2. The van der Waals surface area contributed by atoms with E-state index in [-0.39, 0.29) is 39.7 Å². The van der Waals surface area contributed by atoms with E-state index < -0.39 is 11.4 Å². The van der Waals surface area contributed by atoms with Crippen molar-refractivity contribution in [3.63, 3.8) is 0 Å². The molecular formula is C48H82O4. The molecule has 1 N–H and O–H groups in total. The number of carboxylic acids is 1. The van der Waals surface area contributed by atoms with E-state index in [2.05, 4.69) is 61.5 Å². The van der Waals surface area contributed by atoms with Crippen molar-refractivity contribution in [2.45, 2.75) is 222 Å².